The number of carbonyl (C=O) groups excluding carboxylic acids is 2. The van der Waals surface area contributed by atoms with Crippen LogP contribution in [0, 0.1) is 5.82 Å². The summed E-state index contributed by atoms with van der Waals surface area (Å²) in [5.74, 6) is -0.667. The Labute approximate surface area is 138 Å². The van der Waals surface area contributed by atoms with Crippen LogP contribution in [0.25, 0.3) is 5.57 Å². The van der Waals surface area contributed by atoms with Gasteiger partial charge in [-0.1, -0.05) is 18.2 Å². The summed E-state index contributed by atoms with van der Waals surface area (Å²) < 4.78 is 18.3. The topological polar surface area (TPSA) is 58.6 Å². The first kappa shape index (κ1) is 15.7. The summed E-state index contributed by atoms with van der Waals surface area (Å²) >= 11 is 0. The van der Waals surface area contributed by atoms with Gasteiger partial charge in [0.2, 0.25) is 0 Å². The molecule has 0 aromatic heterocycles. The largest absolute Gasteiger partial charge is 0.497 e. The van der Waals surface area contributed by atoms with Crippen molar-refractivity contribution in [1.29, 1.82) is 0 Å². The Kier molecular flexibility index (Phi) is 4.04. The molecule has 0 atom stereocenters. The van der Waals surface area contributed by atoms with E-state index in [0.29, 0.717) is 17.0 Å². The van der Waals surface area contributed by atoms with Gasteiger partial charge in [0, 0.05) is 18.8 Å². The van der Waals surface area contributed by atoms with Crippen LogP contribution in [0.4, 0.5) is 10.1 Å². The molecule has 122 valence electrons. The van der Waals surface area contributed by atoms with Gasteiger partial charge in [-0.25, -0.2) is 4.39 Å². The van der Waals surface area contributed by atoms with Gasteiger partial charge >= 0.3 is 0 Å². The summed E-state index contributed by atoms with van der Waals surface area (Å²) in [5, 5.41) is 2.98. The number of nitrogens with zero attached hydrogens (tertiary/aromatic N) is 1. The van der Waals surface area contributed by atoms with Crippen molar-refractivity contribution < 1.29 is 18.7 Å². The molecule has 5 nitrogen and oxygen atoms in total. The molecule has 0 bridgehead atoms. The number of halogens is 1. The van der Waals surface area contributed by atoms with E-state index in [1.807, 2.05) is 0 Å². The molecular weight excluding hydrogens is 311 g/mol. The third-order valence-corrected chi connectivity index (χ3v) is 3.76. The van der Waals surface area contributed by atoms with Gasteiger partial charge in [-0.2, -0.15) is 0 Å². The Morgan fingerprint density at radius 1 is 1.04 bits per heavy atom. The number of nitrogens with one attached hydrogen (secondary N) is 1. The number of carbonyl (C=O) groups is 2. The molecule has 2 amide bonds. The van der Waals surface area contributed by atoms with Gasteiger partial charge < -0.3 is 10.1 Å². The van der Waals surface area contributed by atoms with E-state index < -0.39 is 17.6 Å². The minimum absolute atomic E-state index is 0.155. The Hall–Kier alpha value is -3.15. The van der Waals surface area contributed by atoms with E-state index in [-0.39, 0.29) is 11.3 Å². The fourth-order valence-electron chi connectivity index (χ4n) is 2.49. The average molecular weight is 326 g/mol. The van der Waals surface area contributed by atoms with E-state index in [1.165, 1.54) is 31.3 Å². The Balaban J connectivity index is 2.06. The summed E-state index contributed by atoms with van der Waals surface area (Å²) in [6.07, 6.45) is 0. The number of hydrogen-bond acceptors (Lipinski definition) is 4. The van der Waals surface area contributed by atoms with Crippen LogP contribution < -0.4 is 10.1 Å². The number of imide groups is 1. The lowest BCUT2D eigenvalue weighted by Gasteiger charge is -2.10. The lowest BCUT2D eigenvalue weighted by Crippen LogP contribution is -2.27. The second-order valence-corrected chi connectivity index (χ2v) is 5.28. The van der Waals surface area contributed by atoms with Crippen molar-refractivity contribution in [3.8, 4) is 5.75 Å². The summed E-state index contributed by atoms with van der Waals surface area (Å²) in [4.78, 5) is 25.8. The van der Waals surface area contributed by atoms with Gasteiger partial charge in [0.15, 0.2) is 0 Å². The molecular formula is C18H15FN2O3. The fourth-order valence-corrected chi connectivity index (χ4v) is 2.49. The molecule has 1 aliphatic rings. The first-order valence-electron chi connectivity index (χ1n) is 7.25. The first-order chi connectivity index (χ1) is 11.5. The molecule has 6 heteroatoms. The highest BCUT2D eigenvalue weighted by molar-refractivity contribution is 6.36. The van der Waals surface area contributed by atoms with Gasteiger partial charge in [0.05, 0.1) is 12.7 Å². The number of ether oxygens (including phenoxy) is 1. The van der Waals surface area contributed by atoms with E-state index >= 15 is 0 Å². The molecule has 0 saturated carbocycles. The second kappa shape index (κ2) is 6.16. The molecule has 3 rings (SSSR count). The quantitative estimate of drug-likeness (QED) is 0.878. The number of rotatable bonds is 4. The number of methoxy groups -OCH3 is 1. The van der Waals surface area contributed by atoms with Gasteiger partial charge in [-0.15, -0.1) is 0 Å². The van der Waals surface area contributed by atoms with Crippen LogP contribution in [0.3, 0.4) is 0 Å². The number of anilines is 1. The number of hydrogen-bond donors (Lipinski definition) is 1. The molecule has 2 aromatic rings. The van der Waals surface area contributed by atoms with Crippen LogP contribution in [-0.2, 0) is 9.59 Å². The third-order valence-electron chi connectivity index (χ3n) is 3.76. The maximum absolute atomic E-state index is 13.1. The van der Waals surface area contributed by atoms with Crippen molar-refractivity contribution >= 4 is 23.1 Å². The smallest absolute Gasteiger partial charge is 0.277 e. The van der Waals surface area contributed by atoms with Gasteiger partial charge in [0.1, 0.15) is 17.3 Å². The van der Waals surface area contributed by atoms with Crippen LogP contribution in [-0.4, -0.2) is 30.9 Å². The molecule has 2 aromatic carbocycles. The first-order valence-corrected chi connectivity index (χ1v) is 7.25. The maximum Gasteiger partial charge on any atom is 0.277 e. The van der Waals surface area contributed by atoms with Crippen molar-refractivity contribution in [2.24, 2.45) is 0 Å². The van der Waals surface area contributed by atoms with Crippen LogP contribution in [0.1, 0.15) is 5.56 Å². The Bertz CT molecular complexity index is 844. The summed E-state index contributed by atoms with van der Waals surface area (Å²) in [7, 11) is 2.95. The van der Waals surface area contributed by atoms with E-state index in [0.717, 1.165) is 4.90 Å². The minimum atomic E-state index is -0.442. The molecule has 24 heavy (non-hydrogen) atoms. The normalized spacial score (nSPS) is 14.4. The standard InChI is InChI=1S/C18H15FN2O3/c1-21-17(22)15(11-6-8-12(19)9-7-11)16(18(21)23)20-13-4-3-5-14(10-13)24-2/h3-10,20H,1-2H3. The van der Waals surface area contributed by atoms with Crippen molar-refractivity contribution in [3.63, 3.8) is 0 Å². The second-order valence-electron chi connectivity index (χ2n) is 5.28. The van der Waals surface area contributed by atoms with Crippen molar-refractivity contribution in [2.45, 2.75) is 0 Å². The molecule has 1 N–H and O–H groups in total. The summed E-state index contributed by atoms with van der Waals surface area (Å²) in [6, 6.07) is 12.5. The zero-order valence-electron chi connectivity index (χ0n) is 13.2. The fraction of sp³-hybridized carbons (Fsp3) is 0.111. The molecule has 0 unspecified atom stereocenters. The molecule has 0 saturated heterocycles. The lowest BCUT2D eigenvalue weighted by molar-refractivity contribution is -0.135. The molecule has 1 heterocycles. The van der Waals surface area contributed by atoms with E-state index in [4.69, 9.17) is 4.74 Å². The molecule has 0 spiro atoms. The maximum atomic E-state index is 13.1. The predicted octanol–water partition coefficient (Wildman–Crippen LogP) is 2.66. The van der Waals surface area contributed by atoms with E-state index in [2.05, 4.69) is 5.32 Å². The Morgan fingerprint density at radius 2 is 1.75 bits per heavy atom. The molecule has 0 fully saturated rings. The third kappa shape index (κ3) is 2.74. The average Bonchev–Trinajstić information content (AvgIpc) is 2.80. The SMILES string of the molecule is COc1cccc(NC2=C(c3ccc(F)cc3)C(=O)N(C)C2=O)c1. The highest BCUT2D eigenvalue weighted by atomic mass is 19.1. The van der Waals surface area contributed by atoms with Crippen molar-refractivity contribution in [1.82, 2.24) is 4.90 Å². The predicted molar refractivity (Wildman–Crippen MR) is 87.7 cm³/mol. The zero-order chi connectivity index (χ0) is 17.3. The summed E-state index contributed by atoms with van der Waals surface area (Å²) in [6.45, 7) is 0. The van der Waals surface area contributed by atoms with Crippen molar-refractivity contribution in [3.05, 3.63) is 65.6 Å². The van der Waals surface area contributed by atoms with Crippen LogP contribution in [0.15, 0.2) is 54.2 Å². The highest BCUT2D eigenvalue weighted by Crippen LogP contribution is 2.30. The molecule has 0 radical (unpaired) electrons. The van der Waals surface area contributed by atoms with Crippen LogP contribution in [0.5, 0.6) is 5.75 Å². The minimum Gasteiger partial charge on any atom is -0.497 e. The van der Waals surface area contributed by atoms with Gasteiger partial charge in [-0.05, 0) is 29.8 Å². The number of likely N-dealkylation sites (N-methyl/N-ethyl adjacent to an activating group) is 1. The van der Waals surface area contributed by atoms with Crippen LogP contribution in [0.2, 0.25) is 0 Å². The molecule has 1 aliphatic heterocycles. The van der Waals surface area contributed by atoms with Gasteiger partial charge in [-0.3, -0.25) is 14.5 Å². The highest BCUT2D eigenvalue weighted by Gasteiger charge is 2.36. The van der Waals surface area contributed by atoms with Crippen LogP contribution >= 0.6 is 0 Å². The molecule has 0 aliphatic carbocycles. The lowest BCUT2D eigenvalue weighted by atomic mass is 10.0. The van der Waals surface area contributed by atoms with E-state index in [9.17, 15) is 14.0 Å². The number of amides is 2. The van der Waals surface area contributed by atoms with Gasteiger partial charge in [0.25, 0.3) is 11.8 Å². The zero-order valence-corrected chi connectivity index (χ0v) is 13.2. The van der Waals surface area contributed by atoms with E-state index in [1.54, 1.807) is 31.4 Å². The number of benzene rings is 2. The monoisotopic (exact) mass is 326 g/mol. The van der Waals surface area contributed by atoms with Crippen molar-refractivity contribution in [2.75, 3.05) is 19.5 Å². The summed E-state index contributed by atoms with van der Waals surface area (Å²) in [5.41, 5.74) is 1.46. The Morgan fingerprint density at radius 3 is 2.42 bits per heavy atom.